The van der Waals surface area contributed by atoms with Crippen LogP contribution in [-0.2, 0) is 13.0 Å². The molecule has 1 heterocycles. The maximum atomic E-state index is 12.3. The van der Waals surface area contributed by atoms with Crippen molar-refractivity contribution in [3.8, 4) is 0 Å². The summed E-state index contributed by atoms with van der Waals surface area (Å²) in [6, 6.07) is 6.82. The number of nitrogens with one attached hydrogen (secondary N) is 2. The smallest absolute Gasteiger partial charge is 0.321 e. The number of hydrogen-bond donors (Lipinski definition) is 3. The molecule has 0 saturated heterocycles. The van der Waals surface area contributed by atoms with Gasteiger partial charge in [0.15, 0.2) is 5.01 Å². The lowest BCUT2D eigenvalue weighted by Gasteiger charge is -2.05. The highest BCUT2D eigenvalue weighted by Gasteiger charge is 2.15. The molecule has 0 spiro atoms. The van der Waals surface area contributed by atoms with Crippen LogP contribution in [0.2, 0.25) is 0 Å². The second kappa shape index (κ2) is 7.76. The van der Waals surface area contributed by atoms with Gasteiger partial charge in [0.2, 0.25) is 5.13 Å². The normalized spacial score (nSPS) is 10.7. The van der Waals surface area contributed by atoms with Crippen molar-refractivity contribution in [2.45, 2.75) is 19.5 Å². The number of carbonyl (C=O) groups excluding carboxylic acids is 1. The van der Waals surface area contributed by atoms with E-state index in [9.17, 15) is 13.6 Å². The lowest BCUT2D eigenvalue weighted by atomic mass is 10.1. The van der Waals surface area contributed by atoms with E-state index in [0.29, 0.717) is 24.3 Å². The summed E-state index contributed by atoms with van der Waals surface area (Å²) < 4.78 is 24.7. The minimum Gasteiger partial charge on any atom is -0.392 e. The summed E-state index contributed by atoms with van der Waals surface area (Å²) in [7, 11) is 0. The molecular formula is C13H14F2N4O2S. The number of urea groups is 1. The van der Waals surface area contributed by atoms with Crippen molar-refractivity contribution < 1.29 is 18.7 Å². The number of aromatic nitrogens is 2. The van der Waals surface area contributed by atoms with Crippen LogP contribution in [0.15, 0.2) is 24.3 Å². The molecule has 1 aromatic carbocycles. The van der Waals surface area contributed by atoms with Crippen LogP contribution in [0.3, 0.4) is 0 Å². The Bertz CT molecular complexity index is 619. The van der Waals surface area contributed by atoms with Gasteiger partial charge in [-0.25, -0.2) is 13.6 Å². The molecule has 0 aliphatic heterocycles. The highest BCUT2D eigenvalue weighted by atomic mass is 32.1. The van der Waals surface area contributed by atoms with Gasteiger partial charge in [-0.15, -0.1) is 10.2 Å². The summed E-state index contributed by atoms with van der Waals surface area (Å²) >= 11 is 0.635. The average molecular weight is 328 g/mol. The topological polar surface area (TPSA) is 87.1 Å². The largest absolute Gasteiger partial charge is 0.392 e. The van der Waals surface area contributed by atoms with Gasteiger partial charge in [-0.05, 0) is 17.5 Å². The van der Waals surface area contributed by atoms with Crippen molar-refractivity contribution >= 4 is 22.5 Å². The minimum atomic E-state index is -2.70. The molecule has 2 aromatic rings. The van der Waals surface area contributed by atoms with Crippen LogP contribution >= 0.6 is 11.3 Å². The van der Waals surface area contributed by atoms with Crippen molar-refractivity contribution in [2.24, 2.45) is 0 Å². The van der Waals surface area contributed by atoms with Crippen LogP contribution < -0.4 is 10.6 Å². The molecule has 6 nitrogen and oxygen atoms in total. The standard InChI is InChI=1S/C13H14F2N4O2S/c14-10(15)11-18-19-13(22-11)17-12(21)16-6-5-8-1-3-9(7-20)4-2-8/h1-4,10,20H,5-7H2,(H2,16,17,19,21). The molecule has 0 fully saturated rings. The summed E-state index contributed by atoms with van der Waals surface area (Å²) in [5, 5.41) is 20.2. The Hall–Kier alpha value is -2.13. The first-order valence-corrected chi connectivity index (χ1v) is 7.25. The van der Waals surface area contributed by atoms with Gasteiger partial charge in [0, 0.05) is 6.54 Å². The molecule has 2 rings (SSSR count). The van der Waals surface area contributed by atoms with Gasteiger partial charge in [0.1, 0.15) is 0 Å². The fourth-order valence-corrected chi connectivity index (χ4v) is 2.24. The monoisotopic (exact) mass is 328 g/mol. The Balaban J connectivity index is 1.74. The Labute approximate surface area is 129 Å². The van der Waals surface area contributed by atoms with Crippen molar-refractivity contribution in [1.29, 1.82) is 0 Å². The number of carbonyl (C=O) groups is 1. The number of benzene rings is 1. The molecule has 2 amide bonds. The third kappa shape index (κ3) is 4.71. The van der Waals surface area contributed by atoms with Gasteiger partial charge in [-0.2, -0.15) is 0 Å². The van der Waals surface area contributed by atoms with Crippen molar-refractivity contribution in [1.82, 2.24) is 15.5 Å². The van der Waals surface area contributed by atoms with Crippen LogP contribution in [0.5, 0.6) is 0 Å². The van der Waals surface area contributed by atoms with Gasteiger partial charge in [-0.3, -0.25) is 5.32 Å². The third-order valence-corrected chi connectivity index (χ3v) is 3.60. The minimum absolute atomic E-state index is 0.0105. The Morgan fingerprint density at radius 3 is 2.50 bits per heavy atom. The molecule has 22 heavy (non-hydrogen) atoms. The number of aliphatic hydroxyl groups excluding tert-OH is 1. The van der Waals surface area contributed by atoms with Crippen LogP contribution in [0.25, 0.3) is 0 Å². The number of amides is 2. The Kier molecular flexibility index (Phi) is 5.73. The number of anilines is 1. The second-order valence-electron chi connectivity index (χ2n) is 4.35. The van der Waals surface area contributed by atoms with E-state index in [1.54, 1.807) is 0 Å². The van der Waals surface area contributed by atoms with Crippen LogP contribution in [0.1, 0.15) is 22.6 Å². The zero-order chi connectivity index (χ0) is 15.9. The molecule has 0 bridgehead atoms. The first kappa shape index (κ1) is 16.2. The molecule has 3 N–H and O–H groups in total. The number of aliphatic hydroxyl groups is 1. The molecule has 0 saturated carbocycles. The quantitative estimate of drug-likeness (QED) is 0.759. The molecule has 0 unspecified atom stereocenters. The van der Waals surface area contributed by atoms with E-state index in [1.807, 2.05) is 24.3 Å². The van der Waals surface area contributed by atoms with Crippen LogP contribution in [0, 0.1) is 0 Å². The molecule has 118 valence electrons. The highest BCUT2D eigenvalue weighted by Crippen LogP contribution is 2.24. The summed E-state index contributed by atoms with van der Waals surface area (Å²) in [6.07, 6.45) is -2.09. The lowest BCUT2D eigenvalue weighted by molar-refractivity contribution is 0.150. The number of halogens is 2. The maximum absolute atomic E-state index is 12.3. The third-order valence-electron chi connectivity index (χ3n) is 2.75. The zero-order valence-corrected chi connectivity index (χ0v) is 12.2. The number of alkyl halides is 2. The summed E-state index contributed by atoms with van der Waals surface area (Å²) in [5.41, 5.74) is 1.83. The second-order valence-corrected chi connectivity index (χ2v) is 5.36. The SMILES string of the molecule is O=C(NCCc1ccc(CO)cc1)Nc1nnc(C(F)F)s1. The van der Waals surface area contributed by atoms with E-state index >= 15 is 0 Å². The molecule has 1 aromatic heterocycles. The molecule has 0 aliphatic rings. The summed E-state index contributed by atoms with van der Waals surface area (Å²) in [6.45, 7) is 0.369. The Morgan fingerprint density at radius 1 is 1.23 bits per heavy atom. The van der Waals surface area contributed by atoms with Gasteiger partial charge < -0.3 is 10.4 Å². The van der Waals surface area contributed by atoms with E-state index in [0.717, 1.165) is 11.1 Å². The van der Waals surface area contributed by atoms with Crippen molar-refractivity contribution in [2.75, 3.05) is 11.9 Å². The van der Waals surface area contributed by atoms with Crippen LogP contribution in [0.4, 0.5) is 18.7 Å². The van der Waals surface area contributed by atoms with E-state index < -0.39 is 17.5 Å². The first-order valence-electron chi connectivity index (χ1n) is 6.43. The average Bonchev–Trinajstić information content (AvgIpc) is 2.96. The molecular weight excluding hydrogens is 314 g/mol. The first-order chi connectivity index (χ1) is 10.6. The zero-order valence-electron chi connectivity index (χ0n) is 11.4. The summed E-state index contributed by atoms with van der Waals surface area (Å²) in [4.78, 5) is 11.6. The van der Waals surface area contributed by atoms with Gasteiger partial charge >= 0.3 is 6.03 Å². The van der Waals surface area contributed by atoms with Gasteiger partial charge in [-0.1, -0.05) is 35.6 Å². The maximum Gasteiger partial charge on any atom is 0.321 e. The van der Waals surface area contributed by atoms with E-state index in [4.69, 9.17) is 5.11 Å². The number of nitrogens with zero attached hydrogens (tertiary/aromatic N) is 2. The fraction of sp³-hybridized carbons (Fsp3) is 0.308. The van der Waals surface area contributed by atoms with Crippen molar-refractivity contribution in [3.05, 3.63) is 40.4 Å². The van der Waals surface area contributed by atoms with Gasteiger partial charge in [0.05, 0.1) is 6.61 Å². The highest BCUT2D eigenvalue weighted by molar-refractivity contribution is 7.15. The van der Waals surface area contributed by atoms with Crippen LogP contribution in [-0.4, -0.2) is 27.9 Å². The predicted molar refractivity (Wildman–Crippen MR) is 78.0 cm³/mol. The van der Waals surface area contributed by atoms with E-state index in [1.165, 1.54) is 0 Å². The van der Waals surface area contributed by atoms with Crippen molar-refractivity contribution in [3.63, 3.8) is 0 Å². The molecule has 0 aliphatic carbocycles. The number of hydrogen-bond acceptors (Lipinski definition) is 5. The number of rotatable bonds is 6. The Morgan fingerprint density at radius 2 is 1.91 bits per heavy atom. The van der Waals surface area contributed by atoms with Gasteiger partial charge in [0.25, 0.3) is 6.43 Å². The van der Waals surface area contributed by atoms with E-state index in [-0.39, 0.29) is 11.7 Å². The molecule has 0 atom stereocenters. The summed E-state index contributed by atoms with van der Waals surface area (Å²) in [5.74, 6) is 0. The lowest BCUT2D eigenvalue weighted by Crippen LogP contribution is -2.30. The molecule has 9 heteroatoms. The van der Waals surface area contributed by atoms with E-state index in [2.05, 4.69) is 20.8 Å². The fourth-order valence-electron chi connectivity index (χ4n) is 1.65. The predicted octanol–water partition coefficient (Wildman–Crippen LogP) is 2.33. The molecule has 0 radical (unpaired) electrons.